The summed E-state index contributed by atoms with van der Waals surface area (Å²) in [7, 11) is 0. The number of carboxylic acids is 1. The van der Waals surface area contributed by atoms with Crippen LogP contribution in [0.25, 0.3) is 0 Å². The maximum Gasteiger partial charge on any atom is 0.335 e. The van der Waals surface area contributed by atoms with Crippen LogP contribution in [-0.2, 0) is 15.6 Å². The van der Waals surface area contributed by atoms with E-state index in [1.165, 1.54) is 17.7 Å². The predicted molar refractivity (Wildman–Crippen MR) is 123 cm³/mol. The molecule has 3 aromatic rings. The molecule has 158 valence electrons. The highest BCUT2D eigenvalue weighted by Crippen LogP contribution is 2.49. The zero-order valence-electron chi connectivity index (χ0n) is 18.6. The molecule has 4 rings (SSSR count). The maximum atomic E-state index is 13.9. The van der Waals surface area contributed by atoms with E-state index in [9.17, 15) is 14.7 Å². The normalized spacial score (nSPS) is 18.2. The molecule has 4 nitrogen and oxygen atoms in total. The molecular formula is C27H27NO3. The summed E-state index contributed by atoms with van der Waals surface area (Å²) in [5.41, 5.74) is 5.08. The van der Waals surface area contributed by atoms with E-state index in [0.29, 0.717) is 5.69 Å². The topological polar surface area (TPSA) is 57.6 Å². The number of hydrogen-bond acceptors (Lipinski definition) is 2. The molecule has 0 aromatic heterocycles. The number of rotatable bonds is 3. The number of anilines is 2. The Hall–Kier alpha value is -3.40. The monoisotopic (exact) mass is 413 g/mol. The van der Waals surface area contributed by atoms with Gasteiger partial charge in [-0.1, -0.05) is 57.2 Å². The Labute approximate surface area is 183 Å². The lowest BCUT2D eigenvalue weighted by Gasteiger charge is -2.26. The molecule has 1 amide bonds. The predicted octanol–water partition coefficient (Wildman–Crippen LogP) is 5.98. The first-order valence-electron chi connectivity index (χ1n) is 10.4. The molecule has 0 radical (unpaired) electrons. The molecule has 1 heterocycles. The summed E-state index contributed by atoms with van der Waals surface area (Å²) in [6, 6.07) is 20.9. The number of nitrogens with zero attached hydrogens (tertiary/aromatic N) is 1. The zero-order chi connectivity index (χ0) is 22.6. The first-order valence-corrected chi connectivity index (χ1v) is 10.4. The van der Waals surface area contributed by atoms with Crippen molar-refractivity contribution in [2.45, 2.75) is 45.4 Å². The van der Waals surface area contributed by atoms with Gasteiger partial charge in [-0.3, -0.25) is 9.69 Å². The smallest absolute Gasteiger partial charge is 0.335 e. The third-order valence-corrected chi connectivity index (χ3v) is 6.26. The molecule has 1 unspecified atom stereocenters. The van der Waals surface area contributed by atoms with Crippen molar-refractivity contribution < 1.29 is 14.7 Å². The van der Waals surface area contributed by atoms with Crippen LogP contribution in [0.4, 0.5) is 11.4 Å². The number of aryl methyl sites for hydroxylation is 1. The average molecular weight is 414 g/mol. The average Bonchev–Trinajstić information content (AvgIpc) is 2.95. The Bertz CT molecular complexity index is 1170. The lowest BCUT2D eigenvalue weighted by atomic mass is 9.76. The van der Waals surface area contributed by atoms with Crippen LogP contribution in [0.2, 0.25) is 0 Å². The first-order chi connectivity index (χ1) is 14.5. The summed E-state index contributed by atoms with van der Waals surface area (Å²) < 4.78 is 0. The van der Waals surface area contributed by atoms with Crippen LogP contribution in [0.3, 0.4) is 0 Å². The Balaban J connectivity index is 1.86. The molecule has 0 aliphatic carbocycles. The number of benzene rings is 3. The molecule has 1 aliphatic rings. The second-order valence-corrected chi connectivity index (χ2v) is 9.47. The van der Waals surface area contributed by atoms with Crippen molar-refractivity contribution in [1.29, 1.82) is 0 Å². The summed E-state index contributed by atoms with van der Waals surface area (Å²) in [5.74, 6) is -1.03. The zero-order valence-corrected chi connectivity index (χ0v) is 18.6. The molecule has 1 aliphatic heterocycles. The second kappa shape index (κ2) is 7.09. The highest BCUT2D eigenvalue weighted by molar-refractivity contribution is 6.14. The summed E-state index contributed by atoms with van der Waals surface area (Å²) in [6.45, 7) is 10.5. The molecule has 0 bridgehead atoms. The number of fused-ring (bicyclic) bond motifs is 1. The van der Waals surface area contributed by atoms with E-state index in [1.807, 2.05) is 32.0 Å². The van der Waals surface area contributed by atoms with E-state index in [0.717, 1.165) is 22.4 Å². The van der Waals surface area contributed by atoms with Gasteiger partial charge in [0.05, 0.1) is 16.7 Å². The fourth-order valence-corrected chi connectivity index (χ4v) is 4.29. The summed E-state index contributed by atoms with van der Waals surface area (Å²) in [6.07, 6.45) is 0. The van der Waals surface area contributed by atoms with Crippen molar-refractivity contribution in [3.8, 4) is 0 Å². The third-order valence-electron chi connectivity index (χ3n) is 6.26. The highest BCUT2D eigenvalue weighted by Gasteiger charge is 2.49. The van der Waals surface area contributed by atoms with Gasteiger partial charge in [0.2, 0.25) is 5.91 Å². The van der Waals surface area contributed by atoms with Crippen LogP contribution in [0.15, 0.2) is 66.7 Å². The van der Waals surface area contributed by atoms with E-state index in [1.54, 1.807) is 17.0 Å². The van der Waals surface area contributed by atoms with Gasteiger partial charge in [0.15, 0.2) is 0 Å². The van der Waals surface area contributed by atoms with Gasteiger partial charge < -0.3 is 5.11 Å². The van der Waals surface area contributed by atoms with Crippen LogP contribution in [-0.4, -0.2) is 17.0 Å². The number of aromatic carboxylic acids is 1. The quantitative estimate of drug-likeness (QED) is 0.575. The maximum absolute atomic E-state index is 13.9. The SMILES string of the molecule is Cc1ccc2c(c1)N(c1ccc(C(=O)O)cc1)C(=O)C2(C)c1ccc(C(C)(C)C)cc1. The molecule has 4 heteroatoms. The van der Waals surface area contributed by atoms with E-state index >= 15 is 0 Å². The number of amides is 1. The molecule has 3 aromatic carbocycles. The van der Waals surface area contributed by atoms with Gasteiger partial charge in [0, 0.05) is 5.69 Å². The molecule has 0 spiro atoms. The molecule has 31 heavy (non-hydrogen) atoms. The lowest BCUT2D eigenvalue weighted by molar-refractivity contribution is -0.120. The van der Waals surface area contributed by atoms with Gasteiger partial charge in [-0.15, -0.1) is 0 Å². The standard InChI is InChI=1S/C27H27NO3/c1-17-6-15-22-23(16-17)28(21-13-7-18(8-14-21)24(29)30)25(31)27(22,5)20-11-9-19(10-12-20)26(2,3)4/h6-16H,1-5H3,(H,29,30). The van der Waals surface area contributed by atoms with E-state index in [-0.39, 0.29) is 16.9 Å². The minimum Gasteiger partial charge on any atom is -0.478 e. The molecule has 0 fully saturated rings. The number of carbonyl (C=O) groups excluding carboxylic acids is 1. The van der Waals surface area contributed by atoms with Gasteiger partial charge >= 0.3 is 5.97 Å². The first kappa shape index (κ1) is 20.9. The van der Waals surface area contributed by atoms with E-state index in [4.69, 9.17) is 0 Å². The van der Waals surface area contributed by atoms with Crippen LogP contribution >= 0.6 is 0 Å². The fraction of sp³-hybridized carbons (Fsp3) is 0.259. The summed E-state index contributed by atoms with van der Waals surface area (Å²) in [4.78, 5) is 26.9. The van der Waals surface area contributed by atoms with E-state index < -0.39 is 11.4 Å². The van der Waals surface area contributed by atoms with Gasteiger partial charge in [0.25, 0.3) is 0 Å². The van der Waals surface area contributed by atoms with Crippen LogP contribution in [0.1, 0.15) is 60.3 Å². The van der Waals surface area contributed by atoms with Gasteiger partial charge in [-0.05, 0) is 71.8 Å². The molecule has 0 saturated heterocycles. The van der Waals surface area contributed by atoms with Crippen LogP contribution in [0.5, 0.6) is 0 Å². The summed E-state index contributed by atoms with van der Waals surface area (Å²) in [5, 5.41) is 9.22. The van der Waals surface area contributed by atoms with E-state index in [2.05, 4.69) is 45.0 Å². The minimum atomic E-state index is -0.987. The van der Waals surface area contributed by atoms with Gasteiger partial charge in [-0.2, -0.15) is 0 Å². The lowest BCUT2D eigenvalue weighted by Crippen LogP contribution is -2.36. The molecule has 0 saturated carbocycles. The Morgan fingerprint density at radius 1 is 0.935 bits per heavy atom. The van der Waals surface area contributed by atoms with Crippen molar-refractivity contribution in [3.05, 3.63) is 94.5 Å². The second-order valence-electron chi connectivity index (χ2n) is 9.47. The van der Waals surface area contributed by atoms with Gasteiger partial charge in [-0.25, -0.2) is 4.79 Å². The number of hydrogen-bond donors (Lipinski definition) is 1. The summed E-state index contributed by atoms with van der Waals surface area (Å²) >= 11 is 0. The molecule has 1 N–H and O–H groups in total. The van der Waals surface area contributed by atoms with Crippen molar-refractivity contribution in [1.82, 2.24) is 0 Å². The minimum absolute atomic E-state index is 0.0338. The van der Waals surface area contributed by atoms with Gasteiger partial charge in [0.1, 0.15) is 0 Å². The van der Waals surface area contributed by atoms with Crippen LogP contribution in [0, 0.1) is 6.92 Å². The van der Waals surface area contributed by atoms with Crippen molar-refractivity contribution in [3.63, 3.8) is 0 Å². The largest absolute Gasteiger partial charge is 0.478 e. The highest BCUT2D eigenvalue weighted by atomic mass is 16.4. The Kier molecular flexibility index (Phi) is 4.77. The fourth-order valence-electron chi connectivity index (χ4n) is 4.29. The number of carbonyl (C=O) groups is 2. The molecule has 1 atom stereocenters. The van der Waals surface area contributed by atoms with Crippen molar-refractivity contribution in [2.24, 2.45) is 0 Å². The third kappa shape index (κ3) is 3.32. The molecular weight excluding hydrogens is 386 g/mol. The van der Waals surface area contributed by atoms with Crippen molar-refractivity contribution >= 4 is 23.3 Å². The Morgan fingerprint density at radius 2 is 1.55 bits per heavy atom. The number of carboxylic acid groups (broad SMARTS) is 1. The van der Waals surface area contributed by atoms with Crippen molar-refractivity contribution in [2.75, 3.05) is 4.90 Å². The Morgan fingerprint density at radius 3 is 2.10 bits per heavy atom. The van der Waals surface area contributed by atoms with Crippen LogP contribution < -0.4 is 4.90 Å².